The molecule has 0 unspecified atom stereocenters. The van der Waals surface area contributed by atoms with E-state index in [4.69, 9.17) is 5.11 Å². The van der Waals surface area contributed by atoms with Crippen molar-refractivity contribution < 1.29 is 14.7 Å². The van der Waals surface area contributed by atoms with Crippen molar-refractivity contribution in [2.75, 3.05) is 0 Å². The summed E-state index contributed by atoms with van der Waals surface area (Å²) in [5.41, 5.74) is 6.16. The van der Waals surface area contributed by atoms with Crippen LogP contribution in [0.1, 0.15) is 71.9 Å². The van der Waals surface area contributed by atoms with Gasteiger partial charge in [-0.3, -0.25) is 14.6 Å². The van der Waals surface area contributed by atoms with Gasteiger partial charge in [-0.25, -0.2) is 0 Å². The number of carbonyl (C=O) groups is 2. The van der Waals surface area contributed by atoms with E-state index in [1.807, 2.05) is 30.5 Å². The summed E-state index contributed by atoms with van der Waals surface area (Å²) in [6.07, 6.45) is 9.08. The van der Waals surface area contributed by atoms with Gasteiger partial charge in [0, 0.05) is 36.5 Å². The lowest BCUT2D eigenvalue weighted by molar-refractivity contribution is -0.137. The maximum Gasteiger partial charge on any atom is 0.303 e. The number of unbranched alkanes of at least 4 members (excludes halogenated alkanes) is 2. The van der Waals surface area contributed by atoms with Crippen LogP contribution in [0, 0.1) is 19.8 Å². The average molecular weight is 421 g/mol. The maximum absolute atomic E-state index is 12.9. The SMILES string of the molecule is Cc1cccc(CCCCCc2nccn3c(C)cc(C(=O)C[C@H](C)CC(=O)O)c23)c1. The number of carbonyl (C=O) groups excluding carboxylic acids is 1. The summed E-state index contributed by atoms with van der Waals surface area (Å²) in [6, 6.07) is 10.6. The van der Waals surface area contributed by atoms with E-state index >= 15 is 0 Å². The van der Waals surface area contributed by atoms with Gasteiger partial charge in [-0.05, 0) is 57.1 Å². The van der Waals surface area contributed by atoms with E-state index in [0.29, 0.717) is 5.56 Å². The minimum atomic E-state index is -0.869. The molecular weight excluding hydrogens is 388 g/mol. The van der Waals surface area contributed by atoms with Gasteiger partial charge in [-0.15, -0.1) is 0 Å². The molecule has 0 saturated carbocycles. The highest BCUT2D eigenvalue weighted by Gasteiger charge is 2.20. The molecule has 1 aromatic carbocycles. The van der Waals surface area contributed by atoms with E-state index in [9.17, 15) is 9.59 Å². The summed E-state index contributed by atoms with van der Waals surface area (Å²) in [5.74, 6) is -1.07. The maximum atomic E-state index is 12.9. The van der Waals surface area contributed by atoms with Gasteiger partial charge in [0.25, 0.3) is 0 Å². The number of aromatic nitrogens is 2. The molecule has 0 fully saturated rings. The summed E-state index contributed by atoms with van der Waals surface area (Å²) in [5, 5.41) is 8.99. The number of rotatable bonds is 11. The second-order valence-electron chi connectivity index (χ2n) is 8.67. The average Bonchev–Trinajstić information content (AvgIpc) is 3.05. The van der Waals surface area contributed by atoms with Crippen molar-refractivity contribution in [2.24, 2.45) is 5.92 Å². The standard InChI is InChI=1S/C26H32N2O3/c1-18-8-7-10-21(14-18)9-5-4-6-11-23-26-22(17-20(3)28(26)13-12-27-23)24(29)15-19(2)16-25(30)31/h7-8,10,12-14,17,19H,4-6,9,11,15-16H2,1-3H3,(H,30,31)/t19-/m0/s1. The third kappa shape index (κ3) is 6.03. The number of aryl methyl sites for hydroxylation is 4. The topological polar surface area (TPSA) is 71.7 Å². The second kappa shape index (κ2) is 10.4. The molecule has 0 aliphatic rings. The summed E-state index contributed by atoms with van der Waals surface area (Å²) in [6.45, 7) is 5.91. The first-order valence-electron chi connectivity index (χ1n) is 11.1. The minimum absolute atomic E-state index is 0.00253. The van der Waals surface area contributed by atoms with E-state index in [1.54, 1.807) is 6.20 Å². The first-order chi connectivity index (χ1) is 14.8. The fraction of sp³-hybridized carbons (Fsp3) is 0.423. The molecule has 0 amide bonds. The van der Waals surface area contributed by atoms with Crippen molar-refractivity contribution in [3.8, 4) is 0 Å². The Balaban J connectivity index is 1.66. The number of hydrogen-bond donors (Lipinski definition) is 1. The molecule has 3 rings (SSSR count). The van der Waals surface area contributed by atoms with Gasteiger partial charge in [-0.2, -0.15) is 0 Å². The Morgan fingerprint density at radius 1 is 1.06 bits per heavy atom. The zero-order valence-corrected chi connectivity index (χ0v) is 18.7. The molecular formula is C26H32N2O3. The van der Waals surface area contributed by atoms with E-state index in [0.717, 1.165) is 49.0 Å². The molecule has 0 spiro atoms. The van der Waals surface area contributed by atoms with Crippen LogP contribution in [-0.4, -0.2) is 26.2 Å². The first-order valence-corrected chi connectivity index (χ1v) is 11.1. The van der Waals surface area contributed by atoms with Crippen molar-refractivity contribution in [2.45, 2.75) is 65.7 Å². The highest BCUT2D eigenvalue weighted by atomic mass is 16.4. The normalized spacial score (nSPS) is 12.2. The Kier molecular flexibility index (Phi) is 7.61. The lowest BCUT2D eigenvalue weighted by Gasteiger charge is -2.09. The van der Waals surface area contributed by atoms with Crippen LogP contribution in [0.15, 0.2) is 42.7 Å². The van der Waals surface area contributed by atoms with E-state index < -0.39 is 5.97 Å². The van der Waals surface area contributed by atoms with Crippen LogP contribution in [-0.2, 0) is 17.6 Å². The van der Waals surface area contributed by atoms with Gasteiger partial charge in [0.05, 0.1) is 11.2 Å². The highest BCUT2D eigenvalue weighted by molar-refractivity contribution is 6.03. The predicted molar refractivity (Wildman–Crippen MR) is 123 cm³/mol. The molecule has 0 aliphatic carbocycles. The molecule has 0 aliphatic heterocycles. The van der Waals surface area contributed by atoms with Crippen LogP contribution in [0.25, 0.3) is 5.52 Å². The van der Waals surface area contributed by atoms with Crippen molar-refractivity contribution in [1.29, 1.82) is 0 Å². The van der Waals surface area contributed by atoms with Crippen molar-refractivity contribution in [3.63, 3.8) is 0 Å². The van der Waals surface area contributed by atoms with Gasteiger partial charge >= 0.3 is 5.97 Å². The van der Waals surface area contributed by atoms with Crippen molar-refractivity contribution >= 4 is 17.3 Å². The lowest BCUT2D eigenvalue weighted by atomic mass is 9.96. The largest absolute Gasteiger partial charge is 0.481 e. The van der Waals surface area contributed by atoms with Gasteiger partial charge < -0.3 is 9.51 Å². The van der Waals surface area contributed by atoms with Gasteiger partial charge in [0.1, 0.15) is 0 Å². The van der Waals surface area contributed by atoms with Crippen molar-refractivity contribution in [3.05, 3.63) is 70.8 Å². The second-order valence-corrected chi connectivity index (χ2v) is 8.67. The number of ketones is 1. The molecule has 2 aromatic heterocycles. The molecule has 5 nitrogen and oxygen atoms in total. The number of fused-ring (bicyclic) bond motifs is 1. The van der Waals surface area contributed by atoms with Gasteiger partial charge in [0.15, 0.2) is 5.78 Å². The Morgan fingerprint density at radius 2 is 1.84 bits per heavy atom. The van der Waals surface area contributed by atoms with Crippen LogP contribution >= 0.6 is 0 Å². The molecule has 164 valence electrons. The quantitative estimate of drug-likeness (QED) is 0.324. The van der Waals surface area contributed by atoms with Crippen LogP contribution in [0.5, 0.6) is 0 Å². The Morgan fingerprint density at radius 3 is 2.58 bits per heavy atom. The first kappa shape index (κ1) is 22.7. The number of hydrogen-bond acceptors (Lipinski definition) is 3. The van der Waals surface area contributed by atoms with Gasteiger partial charge in [-0.1, -0.05) is 43.2 Å². The van der Waals surface area contributed by atoms with Gasteiger partial charge in [0.2, 0.25) is 0 Å². The van der Waals surface area contributed by atoms with Crippen LogP contribution < -0.4 is 0 Å². The molecule has 31 heavy (non-hydrogen) atoms. The summed E-state index contributed by atoms with van der Waals surface area (Å²) in [4.78, 5) is 28.5. The Hall–Kier alpha value is -2.95. The van der Waals surface area contributed by atoms with Crippen LogP contribution in [0.2, 0.25) is 0 Å². The highest BCUT2D eigenvalue weighted by Crippen LogP contribution is 2.24. The third-order valence-corrected chi connectivity index (χ3v) is 5.77. The van der Waals surface area contributed by atoms with E-state index in [1.165, 1.54) is 11.1 Å². The summed E-state index contributed by atoms with van der Waals surface area (Å²) < 4.78 is 2.03. The zero-order valence-electron chi connectivity index (χ0n) is 18.7. The fourth-order valence-corrected chi connectivity index (χ4v) is 4.25. The lowest BCUT2D eigenvalue weighted by Crippen LogP contribution is -2.11. The number of benzene rings is 1. The third-order valence-electron chi connectivity index (χ3n) is 5.77. The number of carboxylic acid groups (broad SMARTS) is 1. The molecule has 0 bridgehead atoms. The molecule has 1 atom stereocenters. The smallest absolute Gasteiger partial charge is 0.303 e. The number of carboxylic acids is 1. The van der Waals surface area contributed by atoms with Crippen LogP contribution in [0.3, 0.4) is 0 Å². The minimum Gasteiger partial charge on any atom is -0.481 e. The molecule has 1 N–H and O–H groups in total. The monoisotopic (exact) mass is 420 g/mol. The van der Waals surface area contributed by atoms with E-state index in [2.05, 4.69) is 36.2 Å². The van der Waals surface area contributed by atoms with Crippen molar-refractivity contribution in [1.82, 2.24) is 9.38 Å². The summed E-state index contributed by atoms with van der Waals surface area (Å²) in [7, 11) is 0. The summed E-state index contributed by atoms with van der Waals surface area (Å²) >= 11 is 0. The predicted octanol–water partition coefficient (Wildman–Crippen LogP) is 5.59. The fourth-order valence-electron chi connectivity index (χ4n) is 4.25. The zero-order chi connectivity index (χ0) is 22.4. The Labute approximate surface area is 184 Å². The van der Waals surface area contributed by atoms with E-state index in [-0.39, 0.29) is 24.5 Å². The molecule has 2 heterocycles. The van der Waals surface area contributed by atoms with Crippen LogP contribution in [0.4, 0.5) is 0 Å². The number of nitrogens with zero attached hydrogens (tertiary/aromatic N) is 2. The molecule has 0 radical (unpaired) electrons. The molecule has 0 saturated heterocycles. The number of Topliss-reactive ketones (excluding diaryl/α,β-unsaturated/α-hetero) is 1. The Bertz CT molecular complexity index is 1070. The molecule has 5 heteroatoms. The number of aliphatic carboxylic acids is 1. The molecule has 3 aromatic rings.